The molecule has 3 nitrogen and oxygen atoms in total. The molecule has 1 aromatic carbocycles. The first-order valence-electron chi connectivity index (χ1n) is 6.57. The predicted octanol–water partition coefficient (Wildman–Crippen LogP) is 3.05. The molecule has 1 aromatic rings. The van der Waals surface area contributed by atoms with Gasteiger partial charge in [0, 0.05) is 18.8 Å². The summed E-state index contributed by atoms with van der Waals surface area (Å²) >= 11 is 0. The summed E-state index contributed by atoms with van der Waals surface area (Å²) in [5, 5.41) is 2.77. The van der Waals surface area contributed by atoms with Gasteiger partial charge in [0.15, 0.2) is 0 Å². The fourth-order valence-electron chi connectivity index (χ4n) is 2.29. The molecule has 0 saturated carbocycles. The van der Waals surface area contributed by atoms with Gasteiger partial charge in [-0.1, -0.05) is 6.07 Å². The maximum atomic E-state index is 12.8. The van der Waals surface area contributed by atoms with E-state index in [1.54, 1.807) is 11.0 Å². The van der Waals surface area contributed by atoms with E-state index in [-0.39, 0.29) is 18.0 Å². The van der Waals surface area contributed by atoms with Gasteiger partial charge in [0.25, 0.3) is 0 Å². The summed E-state index contributed by atoms with van der Waals surface area (Å²) in [4.78, 5) is 13.5. The Labute approximate surface area is 115 Å². The van der Waals surface area contributed by atoms with Gasteiger partial charge >= 0.3 is 6.18 Å². The van der Waals surface area contributed by atoms with Crippen LogP contribution in [0.25, 0.3) is 0 Å². The quantitative estimate of drug-likeness (QED) is 0.926. The topological polar surface area (TPSA) is 32.3 Å². The standard InChI is InChI=1S/C14H17F3N2O/c1-10-4-5-11(8-12(10)14(15,16)17)18-9-13(20)19-6-2-3-7-19/h4-5,8,18H,2-3,6-7,9H2,1H3. The molecule has 0 radical (unpaired) electrons. The van der Waals surface area contributed by atoms with E-state index in [1.807, 2.05) is 0 Å². The number of anilines is 1. The average Bonchev–Trinajstić information content (AvgIpc) is 2.90. The molecule has 6 heteroatoms. The fraction of sp³-hybridized carbons (Fsp3) is 0.500. The van der Waals surface area contributed by atoms with Gasteiger partial charge in [-0.05, 0) is 37.5 Å². The highest BCUT2D eigenvalue weighted by atomic mass is 19.4. The third-order valence-electron chi connectivity index (χ3n) is 3.45. The van der Waals surface area contributed by atoms with E-state index in [9.17, 15) is 18.0 Å². The van der Waals surface area contributed by atoms with Crippen LogP contribution in [0.15, 0.2) is 18.2 Å². The Balaban J connectivity index is 2.01. The van der Waals surface area contributed by atoms with E-state index in [0.717, 1.165) is 32.0 Å². The van der Waals surface area contributed by atoms with Gasteiger partial charge in [0.2, 0.25) is 5.91 Å². The Hall–Kier alpha value is -1.72. The zero-order valence-electron chi connectivity index (χ0n) is 11.3. The van der Waals surface area contributed by atoms with E-state index in [1.165, 1.54) is 13.0 Å². The lowest BCUT2D eigenvalue weighted by Crippen LogP contribution is -2.33. The van der Waals surface area contributed by atoms with Gasteiger partial charge in [-0.25, -0.2) is 0 Å². The Morgan fingerprint density at radius 2 is 1.95 bits per heavy atom. The number of hydrogen-bond acceptors (Lipinski definition) is 2. The van der Waals surface area contributed by atoms with Gasteiger partial charge in [0.1, 0.15) is 0 Å². The highest BCUT2D eigenvalue weighted by molar-refractivity contribution is 5.81. The van der Waals surface area contributed by atoms with Crippen LogP contribution in [0.3, 0.4) is 0 Å². The van der Waals surface area contributed by atoms with Crippen LogP contribution in [0.1, 0.15) is 24.0 Å². The van der Waals surface area contributed by atoms with Crippen LogP contribution >= 0.6 is 0 Å². The van der Waals surface area contributed by atoms with Crippen molar-refractivity contribution in [1.29, 1.82) is 0 Å². The van der Waals surface area contributed by atoms with Crippen LogP contribution in [-0.4, -0.2) is 30.4 Å². The number of likely N-dealkylation sites (tertiary alicyclic amines) is 1. The molecular weight excluding hydrogens is 269 g/mol. The zero-order valence-corrected chi connectivity index (χ0v) is 11.3. The Bertz CT molecular complexity index is 494. The lowest BCUT2D eigenvalue weighted by Gasteiger charge is -2.17. The summed E-state index contributed by atoms with van der Waals surface area (Å²) in [5.74, 6) is -0.0726. The normalized spacial score (nSPS) is 15.5. The number of alkyl halides is 3. The molecule has 0 aliphatic carbocycles. The summed E-state index contributed by atoms with van der Waals surface area (Å²) < 4.78 is 38.3. The first-order chi connectivity index (χ1) is 9.38. The van der Waals surface area contributed by atoms with Crippen molar-refractivity contribution in [3.8, 4) is 0 Å². The van der Waals surface area contributed by atoms with Crippen LogP contribution in [0.2, 0.25) is 0 Å². The molecule has 1 amide bonds. The monoisotopic (exact) mass is 286 g/mol. The second-order valence-corrected chi connectivity index (χ2v) is 4.97. The minimum absolute atomic E-state index is 0.0281. The van der Waals surface area contributed by atoms with Crippen LogP contribution < -0.4 is 5.32 Å². The minimum atomic E-state index is -4.37. The maximum absolute atomic E-state index is 12.8. The van der Waals surface area contributed by atoms with Gasteiger partial charge in [-0.2, -0.15) is 13.2 Å². The van der Waals surface area contributed by atoms with Crippen molar-refractivity contribution >= 4 is 11.6 Å². The predicted molar refractivity (Wildman–Crippen MR) is 70.5 cm³/mol. The lowest BCUT2D eigenvalue weighted by atomic mass is 10.1. The number of halogens is 3. The summed E-state index contributed by atoms with van der Waals surface area (Å²) in [6.45, 7) is 2.92. The second-order valence-electron chi connectivity index (χ2n) is 4.97. The largest absolute Gasteiger partial charge is 0.416 e. The Morgan fingerprint density at radius 3 is 2.55 bits per heavy atom. The molecule has 110 valence electrons. The molecular formula is C14H17F3N2O. The molecule has 0 bridgehead atoms. The van der Waals surface area contributed by atoms with Crippen molar-refractivity contribution in [2.45, 2.75) is 25.9 Å². The zero-order chi connectivity index (χ0) is 14.8. The summed E-state index contributed by atoms with van der Waals surface area (Å²) in [6.07, 6.45) is -2.39. The van der Waals surface area contributed by atoms with Crippen molar-refractivity contribution in [3.63, 3.8) is 0 Å². The van der Waals surface area contributed by atoms with Gasteiger partial charge < -0.3 is 10.2 Å². The highest BCUT2D eigenvalue weighted by Gasteiger charge is 2.32. The molecule has 1 aliphatic heterocycles. The van der Waals surface area contributed by atoms with Crippen LogP contribution in [0.5, 0.6) is 0 Å². The number of benzene rings is 1. The van der Waals surface area contributed by atoms with Crippen molar-refractivity contribution in [2.75, 3.05) is 25.0 Å². The Morgan fingerprint density at radius 1 is 1.30 bits per heavy atom. The number of carbonyl (C=O) groups excluding carboxylic acids is 1. The number of rotatable bonds is 3. The van der Waals surface area contributed by atoms with E-state index in [0.29, 0.717) is 5.69 Å². The number of carbonyl (C=O) groups is 1. The molecule has 1 N–H and O–H groups in total. The molecule has 0 atom stereocenters. The number of nitrogens with one attached hydrogen (secondary N) is 1. The molecule has 2 rings (SSSR count). The molecule has 1 fully saturated rings. The molecule has 20 heavy (non-hydrogen) atoms. The molecule has 1 heterocycles. The number of aryl methyl sites for hydroxylation is 1. The van der Waals surface area contributed by atoms with Gasteiger partial charge in [-0.15, -0.1) is 0 Å². The van der Waals surface area contributed by atoms with Crippen molar-refractivity contribution in [3.05, 3.63) is 29.3 Å². The molecule has 1 saturated heterocycles. The summed E-state index contributed by atoms with van der Waals surface area (Å²) in [6, 6.07) is 4.01. The van der Waals surface area contributed by atoms with Crippen LogP contribution in [0.4, 0.5) is 18.9 Å². The molecule has 0 aromatic heterocycles. The van der Waals surface area contributed by atoms with Crippen molar-refractivity contribution in [2.24, 2.45) is 0 Å². The smallest absolute Gasteiger partial charge is 0.376 e. The fourth-order valence-corrected chi connectivity index (χ4v) is 2.29. The van der Waals surface area contributed by atoms with Crippen LogP contribution in [0, 0.1) is 6.92 Å². The average molecular weight is 286 g/mol. The van der Waals surface area contributed by atoms with E-state index >= 15 is 0 Å². The lowest BCUT2D eigenvalue weighted by molar-refractivity contribution is -0.138. The third kappa shape index (κ3) is 3.43. The summed E-state index contributed by atoms with van der Waals surface area (Å²) in [7, 11) is 0. The first-order valence-corrected chi connectivity index (χ1v) is 6.57. The third-order valence-corrected chi connectivity index (χ3v) is 3.45. The van der Waals surface area contributed by atoms with E-state index in [2.05, 4.69) is 5.32 Å². The number of amides is 1. The first kappa shape index (κ1) is 14.7. The van der Waals surface area contributed by atoms with Gasteiger partial charge in [0.05, 0.1) is 12.1 Å². The van der Waals surface area contributed by atoms with Crippen LogP contribution in [-0.2, 0) is 11.0 Å². The molecule has 1 aliphatic rings. The SMILES string of the molecule is Cc1ccc(NCC(=O)N2CCCC2)cc1C(F)(F)F. The van der Waals surface area contributed by atoms with Gasteiger partial charge in [-0.3, -0.25) is 4.79 Å². The van der Waals surface area contributed by atoms with E-state index < -0.39 is 11.7 Å². The number of nitrogens with zero attached hydrogens (tertiary/aromatic N) is 1. The highest BCUT2D eigenvalue weighted by Crippen LogP contribution is 2.33. The minimum Gasteiger partial charge on any atom is -0.376 e. The summed E-state index contributed by atoms with van der Waals surface area (Å²) in [5.41, 5.74) is -0.180. The van der Waals surface area contributed by atoms with Crippen molar-refractivity contribution in [1.82, 2.24) is 4.90 Å². The van der Waals surface area contributed by atoms with Crippen molar-refractivity contribution < 1.29 is 18.0 Å². The number of hydrogen-bond donors (Lipinski definition) is 1. The molecule has 0 unspecified atom stereocenters. The maximum Gasteiger partial charge on any atom is 0.416 e. The Kier molecular flexibility index (Phi) is 4.20. The molecule has 0 spiro atoms. The second kappa shape index (κ2) is 5.73. The van der Waals surface area contributed by atoms with E-state index in [4.69, 9.17) is 0 Å².